The van der Waals surface area contributed by atoms with E-state index >= 15 is 0 Å². The first kappa shape index (κ1) is 12.0. The van der Waals surface area contributed by atoms with E-state index in [9.17, 15) is 9.59 Å². The van der Waals surface area contributed by atoms with Crippen molar-refractivity contribution >= 4 is 11.8 Å². The van der Waals surface area contributed by atoms with Crippen molar-refractivity contribution < 1.29 is 14.7 Å². The molecule has 0 aromatic carbocycles. The van der Waals surface area contributed by atoms with Gasteiger partial charge in [-0.25, -0.2) is 0 Å². The van der Waals surface area contributed by atoms with E-state index in [0.29, 0.717) is 0 Å². The predicted octanol–water partition coefficient (Wildman–Crippen LogP) is -0.458. The molecule has 0 aromatic rings. The summed E-state index contributed by atoms with van der Waals surface area (Å²) >= 11 is 0. The Balaban J connectivity index is 2.23. The summed E-state index contributed by atoms with van der Waals surface area (Å²) in [5.41, 5.74) is 0. The van der Waals surface area contributed by atoms with E-state index in [2.05, 4.69) is 10.6 Å². The molecule has 1 aliphatic carbocycles. The molecule has 0 aliphatic heterocycles. The number of carbonyl (C=O) groups is 2. The maximum Gasteiger partial charge on any atom is 0.309 e. The lowest BCUT2D eigenvalue weighted by atomic mass is 10.2. The highest BCUT2D eigenvalue weighted by Crippen LogP contribution is 2.17. The molecular weight excluding hydrogens is 196 g/mol. The van der Waals surface area contributed by atoms with E-state index in [1.165, 1.54) is 0 Å². The number of nitrogens with one attached hydrogen (secondary N) is 2. The second-order valence-corrected chi connectivity index (χ2v) is 4.01. The third-order valence-electron chi connectivity index (χ3n) is 2.45. The van der Waals surface area contributed by atoms with Crippen LogP contribution in [0.5, 0.6) is 0 Å². The maximum absolute atomic E-state index is 11.3. The Morgan fingerprint density at radius 3 is 2.47 bits per heavy atom. The van der Waals surface area contributed by atoms with Gasteiger partial charge in [0.05, 0.1) is 6.10 Å². The van der Waals surface area contributed by atoms with Crippen LogP contribution in [0.2, 0.25) is 0 Å². The van der Waals surface area contributed by atoms with E-state index in [-0.39, 0.29) is 12.6 Å². The average Bonchev–Trinajstić information content (AvgIpc) is 2.66. The number of carbonyl (C=O) groups excluding carboxylic acids is 2. The van der Waals surface area contributed by atoms with Gasteiger partial charge < -0.3 is 15.7 Å². The third kappa shape index (κ3) is 4.29. The number of hydrogen-bond acceptors (Lipinski definition) is 3. The van der Waals surface area contributed by atoms with Crippen molar-refractivity contribution in [2.75, 3.05) is 6.54 Å². The van der Waals surface area contributed by atoms with Gasteiger partial charge >= 0.3 is 11.8 Å². The fraction of sp³-hybridized carbons (Fsp3) is 0.800. The van der Waals surface area contributed by atoms with Crippen molar-refractivity contribution in [3.8, 4) is 0 Å². The first-order chi connectivity index (χ1) is 7.09. The van der Waals surface area contributed by atoms with Crippen molar-refractivity contribution in [3.05, 3.63) is 0 Å². The summed E-state index contributed by atoms with van der Waals surface area (Å²) in [5.74, 6) is -1.26. The molecule has 0 spiro atoms. The minimum atomic E-state index is -0.664. The van der Waals surface area contributed by atoms with Crippen LogP contribution in [-0.4, -0.2) is 35.6 Å². The van der Waals surface area contributed by atoms with Crippen LogP contribution in [0.4, 0.5) is 0 Å². The molecule has 0 unspecified atom stereocenters. The Labute approximate surface area is 89.2 Å². The smallest absolute Gasteiger partial charge is 0.309 e. The second-order valence-electron chi connectivity index (χ2n) is 4.01. The number of aliphatic hydroxyl groups is 1. The fourth-order valence-electron chi connectivity index (χ4n) is 1.64. The van der Waals surface area contributed by atoms with E-state index < -0.39 is 17.9 Å². The van der Waals surface area contributed by atoms with Crippen LogP contribution in [0, 0.1) is 0 Å². The third-order valence-corrected chi connectivity index (χ3v) is 2.45. The Kier molecular flexibility index (Phi) is 4.55. The number of rotatable bonds is 3. The zero-order valence-electron chi connectivity index (χ0n) is 8.95. The van der Waals surface area contributed by atoms with Gasteiger partial charge in [0.15, 0.2) is 0 Å². The molecule has 0 aromatic heterocycles. The van der Waals surface area contributed by atoms with Crippen LogP contribution in [0.1, 0.15) is 32.6 Å². The van der Waals surface area contributed by atoms with Gasteiger partial charge in [-0.05, 0) is 19.8 Å². The summed E-state index contributed by atoms with van der Waals surface area (Å²) in [6, 6.07) is 0.148. The first-order valence-electron chi connectivity index (χ1n) is 5.36. The van der Waals surface area contributed by atoms with E-state index in [4.69, 9.17) is 5.11 Å². The van der Waals surface area contributed by atoms with Crippen molar-refractivity contribution in [3.63, 3.8) is 0 Å². The quantitative estimate of drug-likeness (QED) is 0.556. The number of aliphatic hydroxyl groups excluding tert-OH is 1. The van der Waals surface area contributed by atoms with Crippen LogP contribution < -0.4 is 10.6 Å². The molecular formula is C10H18N2O3. The molecule has 86 valence electrons. The Bertz CT molecular complexity index is 235. The molecule has 2 amide bonds. The highest BCUT2D eigenvalue weighted by molar-refractivity contribution is 6.35. The molecule has 0 radical (unpaired) electrons. The Morgan fingerprint density at radius 2 is 1.93 bits per heavy atom. The van der Waals surface area contributed by atoms with Gasteiger partial charge in [-0.1, -0.05) is 12.8 Å². The monoisotopic (exact) mass is 214 g/mol. The lowest BCUT2D eigenvalue weighted by Gasteiger charge is -2.12. The summed E-state index contributed by atoms with van der Waals surface area (Å²) in [7, 11) is 0. The summed E-state index contributed by atoms with van der Waals surface area (Å²) < 4.78 is 0. The molecule has 1 aliphatic rings. The summed E-state index contributed by atoms with van der Waals surface area (Å²) in [6.07, 6.45) is 3.50. The lowest BCUT2D eigenvalue weighted by Crippen LogP contribution is -2.45. The van der Waals surface area contributed by atoms with Crippen LogP contribution in [0.3, 0.4) is 0 Å². The van der Waals surface area contributed by atoms with E-state index in [0.717, 1.165) is 25.7 Å². The SMILES string of the molecule is C[C@H](O)CNC(=O)C(=O)NC1CCCC1. The normalized spacial score (nSPS) is 18.5. The van der Waals surface area contributed by atoms with Crippen molar-refractivity contribution in [2.24, 2.45) is 0 Å². The molecule has 0 heterocycles. The van der Waals surface area contributed by atoms with Gasteiger partial charge in [0, 0.05) is 12.6 Å². The molecule has 0 saturated heterocycles. The van der Waals surface area contributed by atoms with Crippen molar-refractivity contribution in [1.29, 1.82) is 0 Å². The zero-order chi connectivity index (χ0) is 11.3. The molecule has 5 nitrogen and oxygen atoms in total. The molecule has 0 bridgehead atoms. The van der Waals surface area contributed by atoms with E-state index in [1.54, 1.807) is 6.92 Å². The number of amides is 2. The van der Waals surface area contributed by atoms with Crippen LogP contribution in [0.25, 0.3) is 0 Å². The van der Waals surface area contributed by atoms with Gasteiger partial charge in [0.25, 0.3) is 0 Å². The Hall–Kier alpha value is -1.10. The van der Waals surface area contributed by atoms with Gasteiger partial charge in [0.2, 0.25) is 0 Å². The first-order valence-corrected chi connectivity index (χ1v) is 5.36. The highest BCUT2D eigenvalue weighted by Gasteiger charge is 2.21. The predicted molar refractivity (Wildman–Crippen MR) is 55.1 cm³/mol. The lowest BCUT2D eigenvalue weighted by molar-refractivity contribution is -0.139. The molecule has 1 saturated carbocycles. The van der Waals surface area contributed by atoms with Crippen molar-refractivity contribution in [1.82, 2.24) is 10.6 Å². The average molecular weight is 214 g/mol. The summed E-state index contributed by atoms with van der Waals surface area (Å²) in [4.78, 5) is 22.5. The molecule has 1 fully saturated rings. The van der Waals surface area contributed by atoms with Gasteiger partial charge in [-0.3, -0.25) is 9.59 Å². The minimum Gasteiger partial charge on any atom is -0.392 e. The standard InChI is InChI=1S/C10H18N2O3/c1-7(13)6-11-9(14)10(15)12-8-4-2-3-5-8/h7-8,13H,2-6H2,1H3,(H,11,14)(H,12,15)/t7-/m0/s1. The van der Waals surface area contributed by atoms with Gasteiger partial charge in [0.1, 0.15) is 0 Å². The van der Waals surface area contributed by atoms with Gasteiger partial charge in [-0.2, -0.15) is 0 Å². The molecule has 3 N–H and O–H groups in total. The van der Waals surface area contributed by atoms with Crippen molar-refractivity contribution in [2.45, 2.75) is 44.8 Å². The van der Waals surface area contributed by atoms with Gasteiger partial charge in [-0.15, -0.1) is 0 Å². The van der Waals surface area contributed by atoms with Crippen LogP contribution in [0.15, 0.2) is 0 Å². The minimum absolute atomic E-state index is 0.108. The zero-order valence-corrected chi connectivity index (χ0v) is 8.95. The fourth-order valence-corrected chi connectivity index (χ4v) is 1.64. The number of hydrogen-bond donors (Lipinski definition) is 3. The largest absolute Gasteiger partial charge is 0.392 e. The second kappa shape index (κ2) is 5.70. The summed E-state index contributed by atoms with van der Waals surface area (Å²) in [5, 5.41) is 13.9. The maximum atomic E-state index is 11.3. The molecule has 5 heteroatoms. The molecule has 15 heavy (non-hydrogen) atoms. The summed E-state index contributed by atoms with van der Waals surface area (Å²) in [6.45, 7) is 1.66. The van der Waals surface area contributed by atoms with E-state index in [1.807, 2.05) is 0 Å². The van der Waals surface area contributed by atoms with Crippen LogP contribution in [-0.2, 0) is 9.59 Å². The Morgan fingerprint density at radius 1 is 1.33 bits per heavy atom. The van der Waals surface area contributed by atoms with Crippen LogP contribution >= 0.6 is 0 Å². The molecule has 1 atom stereocenters. The topological polar surface area (TPSA) is 78.4 Å². The highest BCUT2D eigenvalue weighted by atomic mass is 16.3. The molecule has 1 rings (SSSR count).